The SMILES string of the molecule is Cc1ccc2c(c1)c(=O)n(-c1ccc(F)c(Cl)c1)c(=O)n2[C@H](C)C(=O)NCc1ccccn1. The molecule has 4 aromatic rings. The van der Waals surface area contributed by atoms with Gasteiger partial charge in [0.1, 0.15) is 11.9 Å². The van der Waals surface area contributed by atoms with E-state index in [2.05, 4.69) is 10.3 Å². The molecule has 0 unspecified atom stereocenters. The third kappa shape index (κ3) is 4.29. The van der Waals surface area contributed by atoms with Crippen LogP contribution in [-0.4, -0.2) is 20.0 Å². The van der Waals surface area contributed by atoms with E-state index < -0.39 is 29.0 Å². The standard InChI is InChI=1S/C24H20ClFN4O3/c1-14-6-9-21-18(11-14)23(32)30(17-7-8-20(26)19(25)12-17)24(33)29(21)15(2)22(31)28-13-16-5-3-4-10-27-16/h3-12,15H,13H2,1-2H3,(H,28,31)/t15-/m1/s1. The second-order valence-electron chi connectivity index (χ2n) is 7.63. The number of benzene rings is 2. The summed E-state index contributed by atoms with van der Waals surface area (Å²) in [5.74, 6) is -1.10. The lowest BCUT2D eigenvalue weighted by Gasteiger charge is -2.20. The molecule has 0 bridgehead atoms. The van der Waals surface area contributed by atoms with Crippen molar-refractivity contribution in [3.05, 3.63) is 104 Å². The van der Waals surface area contributed by atoms with Gasteiger partial charge in [0.2, 0.25) is 5.91 Å². The molecule has 33 heavy (non-hydrogen) atoms. The van der Waals surface area contributed by atoms with Gasteiger partial charge in [-0.25, -0.2) is 13.8 Å². The molecular formula is C24H20ClFN4O3. The highest BCUT2D eigenvalue weighted by Crippen LogP contribution is 2.20. The lowest BCUT2D eigenvalue weighted by Crippen LogP contribution is -2.43. The van der Waals surface area contributed by atoms with Crippen LogP contribution in [-0.2, 0) is 11.3 Å². The predicted molar refractivity (Wildman–Crippen MR) is 124 cm³/mol. The van der Waals surface area contributed by atoms with Crippen LogP contribution in [0, 0.1) is 12.7 Å². The summed E-state index contributed by atoms with van der Waals surface area (Å²) in [4.78, 5) is 43.9. The van der Waals surface area contributed by atoms with Crippen molar-refractivity contribution in [2.45, 2.75) is 26.4 Å². The molecule has 1 amide bonds. The van der Waals surface area contributed by atoms with Gasteiger partial charge in [0.05, 0.1) is 33.9 Å². The maximum absolute atomic E-state index is 13.7. The second-order valence-corrected chi connectivity index (χ2v) is 8.03. The quantitative estimate of drug-likeness (QED) is 0.487. The molecule has 0 saturated heterocycles. The third-order valence-electron chi connectivity index (χ3n) is 5.34. The number of aromatic nitrogens is 3. The number of carbonyl (C=O) groups excluding carboxylic acids is 1. The highest BCUT2D eigenvalue weighted by atomic mass is 35.5. The Morgan fingerprint density at radius 3 is 2.64 bits per heavy atom. The van der Waals surface area contributed by atoms with Crippen molar-refractivity contribution >= 4 is 28.4 Å². The Morgan fingerprint density at radius 1 is 1.15 bits per heavy atom. The third-order valence-corrected chi connectivity index (χ3v) is 5.63. The fraction of sp³-hybridized carbons (Fsp3) is 0.167. The number of rotatable bonds is 5. The number of hydrogen-bond donors (Lipinski definition) is 1. The summed E-state index contributed by atoms with van der Waals surface area (Å²) in [5, 5.41) is 2.80. The van der Waals surface area contributed by atoms with E-state index in [4.69, 9.17) is 11.6 Å². The van der Waals surface area contributed by atoms with Crippen LogP contribution < -0.4 is 16.6 Å². The average molecular weight is 467 g/mol. The number of amides is 1. The topological polar surface area (TPSA) is 86.0 Å². The normalized spacial score (nSPS) is 12.0. The zero-order valence-electron chi connectivity index (χ0n) is 17.9. The molecule has 1 N–H and O–H groups in total. The monoisotopic (exact) mass is 466 g/mol. The number of pyridine rings is 1. The number of carbonyl (C=O) groups is 1. The van der Waals surface area contributed by atoms with Crippen molar-refractivity contribution in [3.8, 4) is 5.69 Å². The van der Waals surface area contributed by atoms with E-state index in [0.29, 0.717) is 11.2 Å². The Kier molecular flexibility index (Phi) is 6.11. The van der Waals surface area contributed by atoms with Gasteiger partial charge in [-0.1, -0.05) is 29.3 Å². The summed E-state index contributed by atoms with van der Waals surface area (Å²) in [5.41, 5.74) is 0.575. The van der Waals surface area contributed by atoms with Gasteiger partial charge in [0.25, 0.3) is 5.56 Å². The smallest absolute Gasteiger partial charge is 0.336 e. The Hall–Kier alpha value is -3.78. The first-order valence-electron chi connectivity index (χ1n) is 10.2. The van der Waals surface area contributed by atoms with Gasteiger partial charge < -0.3 is 5.32 Å². The number of aryl methyl sites for hydroxylation is 1. The summed E-state index contributed by atoms with van der Waals surface area (Å²) in [7, 11) is 0. The van der Waals surface area contributed by atoms with Gasteiger partial charge in [0.15, 0.2) is 0 Å². The van der Waals surface area contributed by atoms with E-state index in [1.54, 1.807) is 43.5 Å². The molecule has 0 aliphatic carbocycles. The molecule has 0 aliphatic heterocycles. The highest BCUT2D eigenvalue weighted by Gasteiger charge is 2.23. The highest BCUT2D eigenvalue weighted by molar-refractivity contribution is 6.30. The summed E-state index contributed by atoms with van der Waals surface area (Å²) >= 11 is 5.89. The van der Waals surface area contributed by atoms with Gasteiger partial charge in [-0.2, -0.15) is 0 Å². The summed E-state index contributed by atoms with van der Waals surface area (Å²) in [6, 6.07) is 13.0. The molecule has 7 nitrogen and oxygen atoms in total. The van der Waals surface area contributed by atoms with Gasteiger partial charge in [-0.05, 0) is 56.3 Å². The van der Waals surface area contributed by atoms with Crippen LogP contribution in [0.15, 0.2) is 70.4 Å². The lowest BCUT2D eigenvalue weighted by molar-refractivity contribution is -0.124. The van der Waals surface area contributed by atoms with E-state index in [0.717, 1.165) is 16.2 Å². The van der Waals surface area contributed by atoms with E-state index >= 15 is 0 Å². The largest absolute Gasteiger partial charge is 0.349 e. The number of nitrogens with one attached hydrogen (secondary N) is 1. The van der Waals surface area contributed by atoms with Crippen molar-refractivity contribution < 1.29 is 9.18 Å². The molecule has 4 rings (SSSR count). The number of halogens is 2. The predicted octanol–water partition coefficient (Wildman–Crippen LogP) is 3.53. The zero-order valence-corrected chi connectivity index (χ0v) is 18.6. The summed E-state index contributed by atoms with van der Waals surface area (Å²) in [6.45, 7) is 3.57. The fourth-order valence-corrected chi connectivity index (χ4v) is 3.80. The van der Waals surface area contributed by atoms with Crippen LogP contribution in [0.2, 0.25) is 5.02 Å². The van der Waals surface area contributed by atoms with Crippen LogP contribution in [0.4, 0.5) is 4.39 Å². The van der Waals surface area contributed by atoms with Crippen LogP contribution >= 0.6 is 11.6 Å². The first kappa shape index (κ1) is 22.4. The first-order chi connectivity index (χ1) is 15.8. The van der Waals surface area contributed by atoms with Crippen molar-refractivity contribution in [3.63, 3.8) is 0 Å². The van der Waals surface area contributed by atoms with Gasteiger partial charge >= 0.3 is 5.69 Å². The Bertz CT molecular complexity index is 1480. The fourth-order valence-electron chi connectivity index (χ4n) is 3.62. The van der Waals surface area contributed by atoms with Crippen LogP contribution in [0.5, 0.6) is 0 Å². The maximum atomic E-state index is 13.7. The molecule has 1 atom stereocenters. The first-order valence-corrected chi connectivity index (χ1v) is 10.6. The minimum Gasteiger partial charge on any atom is -0.349 e. The summed E-state index contributed by atoms with van der Waals surface area (Å²) < 4.78 is 15.8. The Labute approximate surface area is 193 Å². The Morgan fingerprint density at radius 2 is 1.94 bits per heavy atom. The molecular weight excluding hydrogens is 447 g/mol. The molecule has 0 saturated carbocycles. The lowest BCUT2D eigenvalue weighted by atomic mass is 10.1. The van der Waals surface area contributed by atoms with Gasteiger partial charge in [0, 0.05) is 6.20 Å². The minimum atomic E-state index is -0.950. The number of nitrogens with zero attached hydrogens (tertiary/aromatic N) is 3. The van der Waals surface area contributed by atoms with E-state index in [-0.39, 0.29) is 22.6 Å². The second kappa shape index (κ2) is 8.99. The van der Waals surface area contributed by atoms with Crippen molar-refractivity contribution in [1.29, 1.82) is 0 Å². The van der Waals surface area contributed by atoms with Crippen LogP contribution in [0.3, 0.4) is 0 Å². The molecule has 2 aromatic heterocycles. The molecule has 2 heterocycles. The van der Waals surface area contributed by atoms with Gasteiger partial charge in [-0.15, -0.1) is 0 Å². The van der Waals surface area contributed by atoms with Crippen molar-refractivity contribution in [1.82, 2.24) is 19.4 Å². The average Bonchev–Trinajstić information content (AvgIpc) is 2.81. The van der Waals surface area contributed by atoms with Crippen molar-refractivity contribution in [2.24, 2.45) is 0 Å². The minimum absolute atomic E-state index is 0.106. The van der Waals surface area contributed by atoms with Crippen molar-refractivity contribution in [2.75, 3.05) is 0 Å². The van der Waals surface area contributed by atoms with E-state index in [1.165, 1.54) is 16.7 Å². The Balaban J connectivity index is 1.86. The van der Waals surface area contributed by atoms with Gasteiger partial charge in [-0.3, -0.25) is 19.1 Å². The number of hydrogen-bond acceptors (Lipinski definition) is 4. The number of fused-ring (bicyclic) bond motifs is 1. The zero-order chi connectivity index (χ0) is 23.7. The van der Waals surface area contributed by atoms with E-state index in [9.17, 15) is 18.8 Å². The molecule has 0 spiro atoms. The maximum Gasteiger partial charge on any atom is 0.336 e. The molecule has 2 aromatic carbocycles. The molecule has 168 valence electrons. The van der Waals surface area contributed by atoms with E-state index in [1.807, 2.05) is 13.0 Å². The molecule has 9 heteroatoms. The molecule has 0 aliphatic rings. The van der Waals surface area contributed by atoms with Crippen LogP contribution in [0.25, 0.3) is 16.6 Å². The van der Waals surface area contributed by atoms with Crippen LogP contribution in [0.1, 0.15) is 24.2 Å². The molecule has 0 fully saturated rings. The molecule has 0 radical (unpaired) electrons. The summed E-state index contributed by atoms with van der Waals surface area (Å²) in [6.07, 6.45) is 1.62.